The number of halogens is 1. The first-order valence-corrected chi connectivity index (χ1v) is 11.1. The Hall–Kier alpha value is -2.15. The molecule has 1 amide bonds. The number of thiophene rings is 1. The number of hydrogen-bond donors (Lipinski definition) is 0. The summed E-state index contributed by atoms with van der Waals surface area (Å²) in [7, 11) is -1.75. The van der Waals surface area contributed by atoms with E-state index in [0.717, 1.165) is 16.1 Å². The quantitative estimate of drug-likeness (QED) is 0.593. The van der Waals surface area contributed by atoms with Gasteiger partial charge in [-0.05, 0) is 48.4 Å². The first-order valence-electron chi connectivity index (χ1n) is 8.26. The lowest BCUT2D eigenvalue weighted by molar-refractivity contribution is 0.0997. The van der Waals surface area contributed by atoms with Crippen LogP contribution in [0.15, 0.2) is 53.4 Å². The average molecular weight is 418 g/mol. The van der Waals surface area contributed by atoms with Crippen LogP contribution in [0.4, 0.5) is 5.69 Å². The van der Waals surface area contributed by atoms with Gasteiger partial charge >= 0.3 is 0 Å². The second kappa shape index (κ2) is 6.48. The van der Waals surface area contributed by atoms with E-state index in [1.54, 1.807) is 30.1 Å². The summed E-state index contributed by atoms with van der Waals surface area (Å²) in [5.74, 6) is -0.277. The van der Waals surface area contributed by atoms with Crippen LogP contribution < -0.4 is 4.90 Å². The zero-order valence-electron chi connectivity index (χ0n) is 14.7. The van der Waals surface area contributed by atoms with Crippen molar-refractivity contribution in [1.82, 2.24) is 0 Å². The van der Waals surface area contributed by atoms with Crippen LogP contribution in [-0.2, 0) is 15.6 Å². The van der Waals surface area contributed by atoms with Crippen molar-refractivity contribution >= 4 is 44.4 Å². The summed E-state index contributed by atoms with van der Waals surface area (Å²) in [5.41, 5.74) is 3.14. The number of fused-ring (bicyclic) bond motifs is 3. The van der Waals surface area contributed by atoms with Crippen LogP contribution in [-0.4, -0.2) is 21.4 Å². The molecule has 0 saturated carbocycles. The molecule has 2 aromatic carbocycles. The van der Waals surface area contributed by atoms with Gasteiger partial charge in [-0.15, -0.1) is 11.3 Å². The molecule has 4 rings (SSSR count). The first kappa shape index (κ1) is 18.2. The molecule has 0 radical (unpaired) electrons. The van der Waals surface area contributed by atoms with Gasteiger partial charge in [-0.1, -0.05) is 29.8 Å². The summed E-state index contributed by atoms with van der Waals surface area (Å²) in [4.78, 5) is 16.1. The molecule has 0 saturated heterocycles. The van der Waals surface area contributed by atoms with Crippen molar-refractivity contribution in [3.63, 3.8) is 0 Å². The van der Waals surface area contributed by atoms with Crippen LogP contribution in [0, 0.1) is 6.92 Å². The highest BCUT2D eigenvalue weighted by Gasteiger charge is 2.31. The zero-order valence-corrected chi connectivity index (χ0v) is 17.1. The van der Waals surface area contributed by atoms with Crippen molar-refractivity contribution in [2.45, 2.75) is 17.6 Å². The molecule has 0 bridgehead atoms. The molecule has 7 heteroatoms. The Bertz CT molecular complexity index is 1180. The van der Waals surface area contributed by atoms with E-state index < -0.39 is 9.84 Å². The van der Waals surface area contributed by atoms with E-state index in [1.165, 1.54) is 17.4 Å². The summed E-state index contributed by atoms with van der Waals surface area (Å²) in [6.45, 7) is 1.97. The zero-order chi connectivity index (χ0) is 19.3. The third-order valence-corrected chi connectivity index (χ3v) is 7.71. The molecule has 1 aromatic heterocycles. The maximum absolute atomic E-state index is 13.0. The van der Waals surface area contributed by atoms with E-state index in [2.05, 4.69) is 0 Å². The van der Waals surface area contributed by atoms with Gasteiger partial charge in [0.25, 0.3) is 5.91 Å². The molecule has 138 valence electrons. The standard InChI is InChI=1S/C20H16ClNO3S2/c1-12-4-3-5-15(8-12)22(2)20(23)17-9-13-11-27(24,25)18-10-14(21)6-7-16(18)19(13)26-17/h3-10H,11H2,1-2H3. The van der Waals surface area contributed by atoms with Gasteiger partial charge in [-0.3, -0.25) is 4.79 Å². The molecule has 0 atom stereocenters. The SMILES string of the molecule is Cc1cccc(N(C)C(=O)c2cc3c(s2)-c2ccc(Cl)cc2S(=O)(=O)C3)c1. The van der Waals surface area contributed by atoms with E-state index in [0.29, 0.717) is 21.0 Å². The molecule has 0 spiro atoms. The Morgan fingerprint density at radius 2 is 1.93 bits per heavy atom. The molecule has 27 heavy (non-hydrogen) atoms. The van der Waals surface area contributed by atoms with Crippen molar-refractivity contribution in [2.24, 2.45) is 0 Å². The van der Waals surface area contributed by atoms with Crippen LogP contribution in [0.1, 0.15) is 20.8 Å². The molecular weight excluding hydrogens is 402 g/mol. The fourth-order valence-corrected chi connectivity index (χ4v) is 6.40. The van der Waals surface area contributed by atoms with Crippen molar-refractivity contribution in [3.05, 3.63) is 69.6 Å². The Morgan fingerprint density at radius 1 is 1.15 bits per heavy atom. The largest absolute Gasteiger partial charge is 0.311 e. The number of carbonyl (C=O) groups is 1. The summed E-state index contributed by atoms with van der Waals surface area (Å²) in [6.07, 6.45) is 0. The van der Waals surface area contributed by atoms with Crippen LogP contribution >= 0.6 is 22.9 Å². The number of aryl methyl sites for hydroxylation is 1. The minimum atomic E-state index is -3.47. The van der Waals surface area contributed by atoms with Crippen LogP contribution in [0.2, 0.25) is 5.02 Å². The van der Waals surface area contributed by atoms with Gasteiger partial charge < -0.3 is 4.90 Å². The summed E-state index contributed by atoms with van der Waals surface area (Å²) >= 11 is 7.31. The lowest BCUT2D eigenvalue weighted by Gasteiger charge is -2.17. The van der Waals surface area contributed by atoms with Gasteiger partial charge in [-0.25, -0.2) is 8.42 Å². The van der Waals surface area contributed by atoms with E-state index >= 15 is 0 Å². The van der Waals surface area contributed by atoms with Crippen molar-refractivity contribution in [2.75, 3.05) is 11.9 Å². The van der Waals surface area contributed by atoms with E-state index in [1.807, 2.05) is 31.2 Å². The van der Waals surface area contributed by atoms with Gasteiger partial charge in [0.05, 0.1) is 15.5 Å². The number of anilines is 1. The predicted molar refractivity (Wildman–Crippen MR) is 110 cm³/mol. The normalized spacial score (nSPS) is 14.3. The van der Waals surface area contributed by atoms with Gasteiger partial charge in [0, 0.05) is 28.2 Å². The van der Waals surface area contributed by atoms with E-state index in [-0.39, 0.29) is 16.6 Å². The second-order valence-electron chi connectivity index (χ2n) is 6.57. The fraction of sp³-hybridized carbons (Fsp3) is 0.150. The fourth-order valence-electron chi connectivity index (χ4n) is 3.21. The Balaban J connectivity index is 1.77. The average Bonchev–Trinajstić information content (AvgIpc) is 3.03. The van der Waals surface area contributed by atoms with E-state index in [4.69, 9.17) is 11.6 Å². The first-order chi connectivity index (χ1) is 12.8. The molecule has 2 heterocycles. The van der Waals surface area contributed by atoms with Crippen LogP contribution in [0.5, 0.6) is 0 Å². The lowest BCUT2D eigenvalue weighted by atomic mass is 10.1. The number of rotatable bonds is 2. The van der Waals surface area contributed by atoms with Crippen molar-refractivity contribution in [3.8, 4) is 10.4 Å². The number of hydrogen-bond acceptors (Lipinski definition) is 4. The molecular formula is C20H16ClNO3S2. The van der Waals surface area contributed by atoms with Crippen LogP contribution in [0.25, 0.3) is 10.4 Å². The van der Waals surface area contributed by atoms with Gasteiger partial charge in [0.1, 0.15) is 0 Å². The molecule has 4 nitrogen and oxygen atoms in total. The summed E-state index contributed by atoms with van der Waals surface area (Å²) in [5, 5.41) is 0.382. The molecule has 0 fully saturated rings. The molecule has 0 aliphatic carbocycles. The highest BCUT2D eigenvalue weighted by molar-refractivity contribution is 7.91. The van der Waals surface area contributed by atoms with Crippen LogP contribution in [0.3, 0.4) is 0 Å². The predicted octanol–water partition coefficient (Wildman–Crippen LogP) is 4.94. The summed E-state index contributed by atoms with van der Waals surface area (Å²) in [6, 6.07) is 14.2. The topological polar surface area (TPSA) is 54.5 Å². The number of sulfone groups is 1. The molecule has 1 aliphatic heterocycles. The summed E-state index contributed by atoms with van der Waals surface area (Å²) < 4.78 is 25.2. The van der Waals surface area contributed by atoms with Gasteiger partial charge in [0.15, 0.2) is 9.84 Å². The third-order valence-electron chi connectivity index (χ3n) is 4.58. The highest BCUT2D eigenvalue weighted by Crippen LogP contribution is 2.44. The molecule has 3 aromatic rings. The number of amides is 1. The molecule has 0 N–H and O–H groups in total. The second-order valence-corrected chi connectivity index (χ2v) is 10.0. The Morgan fingerprint density at radius 3 is 2.67 bits per heavy atom. The van der Waals surface area contributed by atoms with E-state index in [9.17, 15) is 13.2 Å². The minimum absolute atomic E-state index is 0.117. The maximum atomic E-state index is 13.0. The third kappa shape index (κ3) is 3.18. The minimum Gasteiger partial charge on any atom is -0.311 e. The van der Waals surface area contributed by atoms with Gasteiger partial charge in [0.2, 0.25) is 0 Å². The molecule has 1 aliphatic rings. The number of carbonyl (C=O) groups excluding carboxylic acids is 1. The maximum Gasteiger partial charge on any atom is 0.268 e. The van der Waals surface area contributed by atoms with Crippen molar-refractivity contribution in [1.29, 1.82) is 0 Å². The number of benzene rings is 2. The number of nitrogens with zero attached hydrogens (tertiary/aromatic N) is 1. The van der Waals surface area contributed by atoms with Crippen molar-refractivity contribution < 1.29 is 13.2 Å². The Kier molecular flexibility index (Phi) is 4.37. The lowest BCUT2D eigenvalue weighted by Crippen LogP contribution is -2.25. The van der Waals surface area contributed by atoms with Gasteiger partial charge in [-0.2, -0.15) is 0 Å². The monoisotopic (exact) mass is 417 g/mol. The molecule has 0 unspecified atom stereocenters. The Labute approximate surface area is 166 Å². The smallest absolute Gasteiger partial charge is 0.268 e. The highest BCUT2D eigenvalue weighted by atomic mass is 35.5.